The van der Waals surface area contributed by atoms with E-state index in [1.807, 2.05) is 6.07 Å². The third kappa shape index (κ3) is 1.52. The Morgan fingerprint density at radius 2 is 1.45 bits per heavy atom. The molecule has 0 aromatic heterocycles. The second kappa shape index (κ2) is 4.18. The zero-order valence-electron chi connectivity index (χ0n) is 11.3. The van der Waals surface area contributed by atoms with Crippen LogP contribution in [0.5, 0.6) is 0 Å². The van der Waals surface area contributed by atoms with Crippen molar-refractivity contribution in [3.8, 4) is 22.3 Å². The van der Waals surface area contributed by atoms with Gasteiger partial charge in [0.2, 0.25) is 0 Å². The summed E-state index contributed by atoms with van der Waals surface area (Å²) in [7, 11) is 0. The molecule has 0 atom stereocenters. The Bertz CT molecular complexity index is 986. The molecule has 0 radical (unpaired) electrons. The predicted molar refractivity (Wildman–Crippen MR) is 82.3 cm³/mol. The summed E-state index contributed by atoms with van der Waals surface area (Å²) in [6.45, 7) is 0. The van der Waals surface area contributed by atoms with Gasteiger partial charge in [0.15, 0.2) is 0 Å². The van der Waals surface area contributed by atoms with Gasteiger partial charge in [-0.25, -0.2) is 9.59 Å². The second-order valence-electron chi connectivity index (χ2n) is 5.26. The molecule has 0 aliphatic heterocycles. The number of carbonyl (C=O) groups is 2. The Balaban J connectivity index is 2.12. The fourth-order valence-electron chi connectivity index (χ4n) is 3.18. The van der Waals surface area contributed by atoms with Crippen LogP contribution in [-0.2, 0) is 0 Å². The number of carboxylic acid groups (broad SMARTS) is 2. The highest BCUT2D eigenvalue weighted by Gasteiger charge is 2.24. The van der Waals surface area contributed by atoms with E-state index in [0.717, 1.165) is 27.6 Å². The first kappa shape index (κ1) is 12.6. The van der Waals surface area contributed by atoms with Crippen LogP contribution in [0.2, 0.25) is 0 Å². The van der Waals surface area contributed by atoms with Gasteiger partial charge in [0.1, 0.15) is 0 Å². The summed E-state index contributed by atoms with van der Waals surface area (Å²) in [5, 5.41) is 20.1. The maximum atomic E-state index is 11.4. The van der Waals surface area contributed by atoms with E-state index in [-0.39, 0.29) is 11.1 Å². The molecular formula is C18H10O4. The number of benzene rings is 3. The molecule has 0 saturated carbocycles. The Morgan fingerprint density at radius 3 is 2.18 bits per heavy atom. The Labute approximate surface area is 125 Å². The molecule has 2 N–H and O–H groups in total. The SMILES string of the molecule is O=C(O)c1ccc2c(c1)-c1cccc3c(C(=O)O)ccc-2c13. The molecule has 0 bridgehead atoms. The topological polar surface area (TPSA) is 74.6 Å². The number of hydrogen-bond donors (Lipinski definition) is 2. The highest BCUT2D eigenvalue weighted by Crippen LogP contribution is 2.48. The molecule has 0 fully saturated rings. The summed E-state index contributed by atoms with van der Waals surface area (Å²) in [6, 6.07) is 13.9. The highest BCUT2D eigenvalue weighted by atomic mass is 16.4. The van der Waals surface area contributed by atoms with Gasteiger partial charge in [-0.1, -0.05) is 30.3 Å². The van der Waals surface area contributed by atoms with Gasteiger partial charge in [-0.3, -0.25) is 0 Å². The van der Waals surface area contributed by atoms with Crippen LogP contribution < -0.4 is 0 Å². The molecule has 106 valence electrons. The van der Waals surface area contributed by atoms with Crippen LogP contribution in [0.1, 0.15) is 20.7 Å². The summed E-state index contributed by atoms with van der Waals surface area (Å²) in [5.41, 5.74) is 4.08. The van der Waals surface area contributed by atoms with Crippen molar-refractivity contribution in [1.82, 2.24) is 0 Å². The normalized spacial score (nSPS) is 11.5. The monoisotopic (exact) mass is 290 g/mol. The fraction of sp³-hybridized carbons (Fsp3) is 0. The minimum Gasteiger partial charge on any atom is -0.478 e. The quantitative estimate of drug-likeness (QED) is 0.587. The smallest absolute Gasteiger partial charge is 0.336 e. The molecular weight excluding hydrogens is 280 g/mol. The lowest BCUT2D eigenvalue weighted by Crippen LogP contribution is -1.97. The minimum absolute atomic E-state index is 0.224. The van der Waals surface area contributed by atoms with Crippen LogP contribution in [0, 0.1) is 0 Å². The van der Waals surface area contributed by atoms with Gasteiger partial charge < -0.3 is 10.2 Å². The molecule has 1 aliphatic rings. The van der Waals surface area contributed by atoms with E-state index in [1.54, 1.807) is 42.5 Å². The molecule has 3 aromatic carbocycles. The maximum absolute atomic E-state index is 11.4. The Hall–Kier alpha value is -3.14. The van der Waals surface area contributed by atoms with Crippen molar-refractivity contribution in [2.45, 2.75) is 0 Å². The number of aromatic carboxylic acids is 2. The van der Waals surface area contributed by atoms with Crippen molar-refractivity contribution in [3.63, 3.8) is 0 Å². The van der Waals surface area contributed by atoms with E-state index in [9.17, 15) is 14.7 Å². The molecule has 0 spiro atoms. The minimum atomic E-state index is -0.975. The van der Waals surface area contributed by atoms with Gasteiger partial charge in [0.25, 0.3) is 0 Å². The van der Waals surface area contributed by atoms with Gasteiger partial charge in [0, 0.05) is 0 Å². The lowest BCUT2D eigenvalue weighted by Gasteiger charge is -2.05. The van der Waals surface area contributed by atoms with Crippen molar-refractivity contribution in [1.29, 1.82) is 0 Å². The van der Waals surface area contributed by atoms with Crippen molar-refractivity contribution in [2.24, 2.45) is 0 Å². The molecule has 22 heavy (non-hydrogen) atoms. The maximum Gasteiger partial charge on any atom is 0.336 e. The third-order valence-electron chi connectivity index (χ3n) is 4.12. The zero-order valence-corrected chi connectivity index (χ0v) is 11.3. The summed E-state index contributed by atoms with van der Waals surface area (Å²) in [6.07, 6.45) is 0. The van der Waals surface area contributed by atoms with Gasteiger partial charge in [-0.2, -0.15) is 0 Å². The van der Waals surface area contributed by atoms with Crippen LogP contribution in [-0.4, -0.2) is 22.2 Å². The Morgan fingerprint density at radius 1 is 0.727 bits per heavy atom. The summed E-state index contributed by atoms with van der Waals surface area (Å²) >= 11 is 0. The van der Waals surface area contributed by atoms with E-state index in [0.29, 0.717) is 5.39 Å². The largest absolute Gasteiger partial charge is 0.478 e. The molecule has 1 aliphatic carbocycles. The van der Waals surface area contributed by atoms with Crippen molar-refractivity contribution < 1.29 is 19.8 Å². The van der Waals surface area contributed by atoms with E-state index >= 15 is 0 Å². The molecule has 0 amide bonds. The van der Waals surface area contributed by atoms with Crippen molar-refractivity contribution >= 4 is 22.7 Å². The summed E-state index contributed by atoms with van der Waals surface area (Å²) in [5.74, 6) is -1.94. The average molecular weight is 290 g/mol. The number of carboxylic acids is 2. The van der Waals surface area contributed by atoms with Gasteiger partial charge in [-0.05, 0) is 51.2 Å². The van der Waals surface area contributed by atoms with E-state index in [2.05, 4.69) is 0 Å². The highest BCUT2D eigenvalue weighted by molar-refractivity contribution is 6.20. The Kier molecular flexibility index (Phi) is 2.39. The average Bonchev–Trinajstić information content (AvgIpc) is 2.83. The van der Waals surface area contributed by atoms with E-state index < -0.39 is 11.9 Å². The summed E-state index contributed by atoms with van der Waals surface area (Å²) in [4.78, 5) is 22.6. The lowest BCUT2D eigenvalue weighted by molar-refractivity contribution is 0.0687. The molecule has 0 saturated heterocycles. The number of fused-ring (bicyclic) bond motifs is 3. The first-order valence-corrected chi connectivity index (χ1v) is 6.75. The predicted octanol–water partition coefficient (Wildman–Crippen LogP) is 3.88. The van der Waals surface area contributed by atoms with E-state index in [4.69, 9.17) is 5.11 Å². The lowest BCUT2D eigenvalue weighted by atomic mass is 9.99. The molecule has 4 nitrogen and oxygen atoms in total. The number of hydrogen-bond acceptors (Lipinski definition) is 2. The van der Waals surface area contributed by atoms with Crippen LogP contribution in [0.15, 0.2) is 48.5 Å². The molecule has 4 rings (SSSR count). The van der Waals surface area contributed by atoms with Crippen LogP contribution in [0.25, 0.3) is 33.0 Å². The van der Waals surface area contributed by atoms with Crippen molar-refractivity contribution in [3.05, 3.63) is 59.7 Å². The van der Waals surface area contributed by atoms with Gasteiger partial charge >= 0.3 is 11.9 Å². The van der Waals surface area contributed by atoms with Gasteiger partial charge in [0.05, 0.1) is 11.1 Å². The molecule has 0 heterocycles. The van der Waals surface area contributed by atoms with Crippen molar-refractivity contribution in [2.75, 3.05) is 0 Å². The fourth-order valence-corrected chi connectivity index (χ4v) is 3.18. The van der Waals surface area contributed by atoms with Crippen LogP contribution >= 0.6 is 0 Å². The first-order valence-electron chi connectivity index (χ1n) is 6.75. The second-order valence-corrected chi connectivity index (χ2v) is 5.26. The van der Waals surface area contributed by atoms with Crippen LogP contribution in [0.4, 0.5) is 0 Å². The first-order chi connectivity index (χ1) is 10.6. The standard InChI is InChI=1S/C18H10O4/c19-17(20)9-4-5-10-13-6-7-14(18(21)22)11-2-1-3-12(16(11)13)15(10)8-9/h1-8H,(H,19,20)(H,21,22). The van der Waals surface area contributed by atoms with Crippen LogP contribution in [0.3, 0.4) is 0 Å². The third-order valence-corrected chi connectivity index (χ3v) is 4.12. The molecule has 0 unspecified atom stereocenters. The zero-order chi connectivity index (χ0) is 15.4. The van der Waals surface area contributed by atoms with E-state index in [1.165, 1.54) is 0 Å². The van der Waals surface area contributed by atoms with Gasteiger partial charge in [-0.15, -0.1) is 0 Å². The molecule has 4 heteroatoms. The number of rotatable bonds is 2. The molecule has 3 aromatic rings. The summed E-state index contributed by atoms with van der Waals surface area (Å²) < 4.78 is 0.